The number of para-hydroxylation sites is 1. The van der Waals surface area contributed by atoms with Crippen molar-refractivity contribution in [2.75, 3.05) is 0 Å². The molecule has 90 valence electrons. The summed E-state index contributed by atoms with van der Waals surface area (Å²) in [6, 6.07) is 15.7. The maximum absolute atomic E-state index is 5.74. The van der Waals surface area contributed by atoms with Crippen molar-refractivity contribution in [1.29, 1.82) is 0 Å². The van der Waals surface area contributed by atoms with Crippen molar-refractivity contribution in [2.24, 2.45) is 0 Å². The molecule has 0 fully saturated rings. The number of hydrogen-bond donors (Lipinski definition) is 0. The summed E-state index contributed by atoms with van der Waals surface area (Å²) >= 11 is 7.28. The fourth-order valence-electron chi connectivity index (χ4n) is 1.64. The Balaban J connectivity index is 1.86. The molecule has 0 aliphatic rings. The fourth-order valence-corrected chi connectivity index (χ4v) is 2.66. The first kappa shape index (κ1) is 11.5. The Morgan fingerprint density at radius 3 is 2.56 bits per heavy atom. The minimum Gasteiger partial charge on any atom is -0.431 e. The lowest BCUT2D eigenvalue weighted by molar-refractivity contribution is 0.480. The minimum absolute atomic E-state index is 0.515. The predicted molar refractivity (Wildman–Crippen MR) is 75.7 cm³/mol. The third-order valence-corrected chi connectivity index (χ3v) is 3.78. The fraction of sp³-hybridized carbons (Fsp3) is 0.0714. The summed E-state index contributed by atoms with van der Waals surface area (Å²) in [6.45, 7) is 0. The normalized spacial score (nSPS) is 10.7. The van der Waals surface area contributed by atoms with Gasteiger partial charge in [-0.3, -0.25) is 0 Å². The van der Waals surface area contributed by atoms with Gasteiger partial charge in [0.25, 0.3) is 5.19 Å². The Labute approximate surface area is 114 Å². The van der Waals surface area contributed by atoms with Crippen LogP contribution >= 0.6 is 22.9 Å². The van der Waals surface area contributed by atoms with E-state index in [1.54, 1.807) is 11.3 Å². The van der Waals surface area contributed by atoms with Crippen molar-refractivity contribution in [3.05, 3.63) is 54.1 Å². The van der Waals surface area contributed by atoms with E-state index in [-0.39, 0.29) is 0 Å². The van der Waals surface area contributed by atoms with Crippen molar-refractivity contribution in [3.8, 4) is 10.9 Å². The van der Waals surface area contributed by atoms with Gasteiger partial charge < -0.3 is 4.74 Å². The third-order valence-electron chi connectivity index (χ3n) is 2.56. The molecule has 3 aromatic rings. The second kappa shape index (κ2) is 4.96. The molecule has 3 rings (SSSR count). The van der Waals surface area contributed by atoms with Crippen LogP contribution in [0, 0.1) is 0 Å². The number of fused-ring (bicyclic) bond motifs is 1. The minimum atomic E-state index is 0.515. The number of alkyl halides is 1. The number of halogens is 1. The van der Waals surface area contributed by atoms with Crippen LogP contribution in [0.15, 0.2) is 48.5 Å². The molecule has 0 spiro atoms. The van der Waals surface area contributed by atoms with Gasteiger partial charge in [-0.05, 0) is 29.8 Å². The first-order chi connectivity index (χ1) is 8.85. The lowest BCUT2D eigenvalue weighted by atomic mass is 10.2. The zero-order chi connectivity index (χ0) is 12.4. The van der Waals surface area contributed by atoms with E-state index < -0.39 is 0 Å². The molecule has 1 heterocycles. The van der Waals surface area contributed by atoms with Gasteiger partial charge in [-0.15, -0.1) is 11.6 Å². The van der Waals surface area contributed by atoms with E-state index in [4.69, 9.17) is 16.3 Å². The van der Waals surface area contributed by atoms with Crippen LogP contribution in [-0.4, -0.2) is 4.98 Å². The molecule has 0 bridgehead atoms. The Morgan fingerprint density at radius 2 is 1.83 bits per heavy atom. The topological polar surface area (TPSA) is 22.1 Å². The predicted octanol–water partition coefficient (Wildman–Crippen LogP) is 4.83. The summed E-state index contributed by atoms with van der Waals surface area (Å²) in [5.41, 5.74) is 2.04. The van der Waals surface area contributed by atoms with Crippen LogP contribution in [0.3, 0.4) is 0 Å². The smallest absolute Gasteiger partial charge is 0.279 e. The van der Waals surface area contributed by atoms with E-state index in [2.05, 4.69) is 4.98 Å². The molecule has 0 unspecified atom stereocenters. The van der Waals surface area contributed by atoms with Crippen molar-refractivity contribution >= 4 is 33.2 Å². The molecule has 18 heavy (non-hydrogen) atoms. The number of nitrogens with zero attached hydrogens (tertiary/aromatic N) is 1. The lowest BCUT2D eigenvalue weighted by Crippen LogP contribution is -1.83. The second-order valence-electron chi connectivity index (χ2n) is 3.83. The maximum Gasteiger partial charge on any atom is 0.279 e. The average molecular weight is 276 g/mol. The average Bonchev–Trinajstić information content (AvgIpc) is 2.82. The number of hydrogen-bond acceptors (Lipinski definition) is 3. The van der Waals surface area contributed by atoms with Gasteiger partial charge in [-0.25, -0.2) is 4.98 Å². The molecule has 0 aliphatic carbocycles. The molecular formula is C14H10ClNOS. The van der Waals surface area contributed by atoms with Gasteiger partial charge in [0.1, 0.15) is 5.75 Å². The molecule has 0 saturated carbocycles. The highest BCUT2D eigenvalue weighted by Crippen LogP contribution is 2.31. The SMILES string of the molecule is ClCc1ccc(Oc2nc3ccccc3s2)cc1. The monoisotopic (exact) mass is 275 g/mol. The van der Waals surface area contributed by atoms with E-state index in [1.807, 2.05) is 48.5 Å². The highest BCUT2D eigenvalue weighted by molar-refractivity contribution is 7.20. The molecule has 0 aliphatic heterocycles. The quantitative estimate of drug-likeness (QED) is 0.639. The summed E-state index contributed by atoms with van der Waals surface area (Å²) in [5.74, 6) is 1.30. The van der Waals surface area contributed by atoms with Crippen LogP contribution in [0.2, 0.25) is 0 Å². The summed E-state index contributed by atoms with van der Waals surface area (Å²) in [7, 11) is 0. The van der Waals surface area contributed by atoms with Gasteiger partial charge in [0.2, 0.25) is 0 Å². The molecule has 0 atom stereocenters. The van der Waals surface area contributed by atoms with Gasteiger partial charge in [0.15, 0.2) is 0 Å². The summed E-state index contributed by atoms with van der Waals surface area (Å²) in [6.07, 6.45) is 0. The van der Waals surface area contributed by atoms with E-state index in [0.29, 0.717) is 11.1 Å². The lowest BCUT2D eigenvalue weighted by Gasteiger charge is -2.01. The Hall–Kier alpha value is -1.58. The van der Waals surface area contributed by atoms with Crippen LogP contribution in [0.4, 0.5) is 0 Å². The Bertz CT molecular complexity index is 630. The summed E-state index contributed by atoms with van der Waals surface area (Å²) in [4.78, 5) is 4.42. The molecule has 0 N–H and O–H groups in total. The molecule has 1 aromatic heterocycles. The van der Waals surface area contributed by atoms with Crippen LogP contribution in [0.5, 0.6) is 10.9 Å². The van der Waals surface area contributed by atoms with Gasteiger partial charge in [0.05, 0.1) is 10.2 Å². The van der Waals surface area contributed by atoms with E-state index in [1.165, 1.54) is 0 Å². The van der Waals surface area contributed by atoms with E-state index in [9.17, 15) is 0 Å². The highest BCUT2D eigenvalue weighted by atomic mass is 35.5. The first-order valence-electron chi connectivity index (χ1n) is 5.53. The third kappa shape index (κ3) is 2.33. The van der Waals surface area contributed by atoms with Crippen LogP contribution in [0.25, 0.3) is 10.2 Å². The van der Waals surface area contributed by atoms with Crippen LogP contribution in [-0.2, 0) is 5.88 Å². The molecular weight excluding hydrogens is 266 g/mol. The van der Waals surface area contributed by atoms with Gasteiger partial charge in [-0.1, -0.05) is 35.6 Å². The number of benzene rings is 2. The van der Waals surface area contributed by atoms with Crippen molar-refractivity contribution in [3.63, 3.8) is 0 Å². The molecule has 4 heteroatoms. The Kier molecular flexibility index (Phi) is 3.17. The second-order valence-corrected chi connectivity index (χ2v) is 5.09. The molecule has 2 aromatic carbocycles. The number of rotatable bonds is 3. The zero-order valence-electron chi connectivity index (χ0n) is 9.47. The molecule has 0 amide bonds. The van der Waals surface area contributed by atoms with Gasteiger partial charge in [-0.2, -0.15) is 0 Å². The van der Waals surface area contributed by atoms with Crippen molar-refractivity contribution in [1.82, 2.24) is 4.98 Å². The van der Waals surface area contributed by atoms with Gasteiger partial charge in [0, 0.05) is 5.88 Å². The van der Waals surface area contributed by atoms with E-state index in [0.717, 1.165) is 21.5 Å². The number of ether oxygens (including phenoxy) is 1. The number of thiazole rings is 1. The summed E-state index contributed by atoms with van der Waals surface area (Å²) < 4.78 is 6.86. The summed E-state index contributed by atoms with van der Waals surface area (Å²) in [5, 5.41) is 0.662. The van der Waals surface area contributed by atoms with Crippen LogP contribution in [0.1, 0.15) is 5.56 Å². The largest absolute Gasteiger partial charge is 0.431 e. The molecule has 0 saturated heterocycles. The zero-order valence-corrected chi connectivity index (χ0v) is 11.0. The highest BCUT2D eigenvalue weighted by Gasteiger charge is 2.05. The Morgan fingerprint density at radius 1 is 1.06 bits per heavy atom. The van der Waals surface area contributed by atoms with Gasteiger partial charge >= 0.3 is 0 Å². The van der Waals surface area contributed by atoms with Crippen molar-refractivity contribution in [2.45, 2.75) is 5.88 Å². The first-order valence-corrected chi connectivity index (χ1v) is 6.88. The van der Waals surface area contributed by atoms with Crippen LogP contribution < -0.4 is 4.74 Å². The number of aromatic nitrogens is 1. The maximum atomic E-state index is 5.74. The van der Waals surface area contributed by atoms with E-state index >= 15 is 0 Å². The van der Waals surface area contributed by atoms with Crippen molar-refractivity contribution < 1.29 is 4.74 Å². The molecule has 2 nitrogen and oxygen atoms in total. The molecule has 0 radical (unpaired) electrons. The standard InChI is InChI=1S/C14H10ClNOS/c15-9-10-5-7-11(8-6-10)17-14-16-12-3-1-2-4-13(12)18-14/h1-8H,9H2.